The first-order valence-electron chi connectivity index (χ1n) is 7.94. The SMILES string of the molecule is COCOc1ccc(C2CCN(C(=O)OC(C)(C)C)CC2)nc1. The molecule has 0 aliphatic carbocycles. The number of methoxy groups -OCH3 is 1. The molecule has 1 aliphatic rings. The van der Waals surface area contributed by atoms with Gasteiger partial charge in [-0.1, -0.05) is 0 Å². The minimum Gasteiger partial charge on any atom is -0.466 e. The molecule has 1 aromatic rings. The van der Waals surface area contributed by atoms with Gasteiger partial charge in [0.2, 0.25) is 0 Å². The number of pyridine rings is 1. The maximum atomic E-state index is 12.1. The van der Waals surface area contributed by atoms with Crippen LogP contribution in [-0.2, 0) is 9.47 Å². The smallest absolute Gasteiger partial charge is 0.410 e. The van der Waals surface area contributed by atoms with Gasteiger partial charge in [-0.05, 0) is 45.7 Å². The van der Waals surface area contributed by atoms with Gasteiger partial charge in [0.15, 0.2) is 6.79 Å². The molecule has 1 aromatic heterocycles. The van der Waals surface area contributed by atoms with Crippen LogP contribution < -0.4 is 4.74 Å². The van der Waals surface area contributed by atoms with Crippen molar-refractivity contribution in [2.24, 2.45) is 0 Å². The zero-order chi connectivity index (χ0) is 16.9. The van der Waals surface area contributed by atoms with Crippen molar-refractivity contribution in [3.63, 3.8) is 0 Å². The molecule has 6 heteroatoms. The first-order chi connectivity index (χ1) is 10.9. The molecule has 0 N–H and O–H groups in total. The van der Waals surface area contributed by atoms with Crippen LogP contribution in [0.25, 0.3) is 0 Å². The fourth-order valence-electron chi connectivity index (χ4n) is 2.53. The van der Waals surface area contributed by atoms with Crippen LogP contribution in [0.15, 0.2) is 18.3 Å². The predicted molar refractivity (Wildman–Crippen MR) is 86.5 cm³/mol. The van der Waals surface area contributed by atoms with E-state index in [1.54, 1.807) is 18.2 Å². The summed E-state index contributed by atoms with van der Waals surface area (Å²) in [5.74, 6) is 1.06. The molecule has 23 heavy (non-hydrogen) atoms. The molecule has 2 heterocycles. The monoisotopic (exact) mass is 322 g/mol. The molecule has 2 rings (SSSR count). The molecular formula is C17H26N2O4. The quantitative estimate of drug-likeness (QED) is 0.797. The molecule has 1 amide bonds. The molecule has 1 fully saturated rings. The van der Waals surface area contributed by atoms with Crippen molar-refractivity contribution in [2.75, 3.05) is 27.0 Å². The Kier molecular flexibility index (Phi) is 5.82. The lowest BCUT2D eigenvalue weighted by Crippen LogP contribution is -2.41. The van der Waals surface area contributed by atoms with E-state index in [4.69, 9.17) is 14.2 Å². The highest BCUT2D eigenvalue weighted by Crippen LogP contribution is 2.28. The van der Waals surface area contributed by atoms with Gasteiger partial charge in [-0.15, -0.1) is 0 Å². The Morgan fingerprint density at radius 3 is 2.52 bits per heavy atom. The summed E-state index contributed by atoms with van der Waals surface area (Å²) < 4.78 is 15.6. The third-order valence-electron chi connectivity index (χ3n) is 3.67. The van der Waals surface area contributed by atoms with Crippen LogP contribution in [0.3, 0.4) is 0 Å². The molecule has 6 nitrogen and oxygen atoms in total. The summed E-state index contributed by atoms with van der Waals surface area (Å²) in [5, 5.41) is 0. The number of hydrogen-bond donors (Lipinski definition) is 0. The highest BCUT2D eigenvalue weighted by Gasteiger charge is 2.27. The summed E-state index contributed by atoms with van der Waals surface area (Å²) in [7, 11) is 1.58. The molecule has 0 saturated carbocycles. The number of amides is 1. The minimum atomic E-state index is -0.451. The average Bonchev–Trinajstić information content (AvgIpc) is 2.52. The van der Waals surface area contributed by atoms with Gasteiger partial charge in [-0.3, -0.25) is 4.98 Å². The van der Waals surface area contributed by atoms with Gasteiger partial charge in [0.1, 0.15) is 11.4 Å². The fraction of sp³-hybridized carbons (Fsp3) is 0.647. The number of hydrogen-bond acceptors (Lipinski definition) is 5. The summed E-state index contributed by atoms with van der Waals surface area (Å²) in [4.78, 5) is 18.3. The third kappa shape index (κ3) is 5.39. The third-order valence-corrected chi connectivity index (χ3v) is 3.67. The summed E-state index contributed by atoms with van der Waals surface area (Å²) >= 11 is 0. The molecule has 0 bridgehead atoms. The van der Waals surface area contributed by atoms with E-state index in [0.717, 1.165) is 18.5 Å². The van der Waals surface area contributed by atoms with E-state index < -0.39 is 5.60 Å². The van der Waals surface area contributed by atoms with Gasteiger partial charge in [0, 0.05) is 31.8 Å². The first kappa shape index (κ1) is 17.5. The molecule has 1 saturated heterocycles. The second kappa shape index (κ2) is 7.64. The van der Waals surface area contributed by atoms with Crippen LogP contribution in [0.4, 0.5) is 4.79 Å². The number of ether oxygens (including phenoxy) is 3. The Morgan fingerprint density at radius 1 is 1.30 bits per heavy atom. The largest absolute Gasteiger partial charge is 0.466 e. The lowest BCUT2D eigenvalue weighted by Gasteiger charge is -2.33. The molecule has 128 valence electrons. The maximum absolute atomic E-state index is 12.1. The Labute approximate surface area is 137 Å². The second-order valence-corrected chi connectivity index (χ2v) is 6.71. The van der Waals surface area contributed by atoms with Gasteiger partial charge in [-0.2, -0.15) is 0 Å². The van der Waals surface area contributed by atoms with Crippen LogP contribution in [0.5, 0.6) is 5.75 Å². The van der Waals surface area contributed by atoms with E-state index in [1.807, 2.05) is 32.9 Å². The van der Waals surface area contributed by atoms with Crippen LogP contribution >= 0.6 is 0 Å². The Balaban J connectivity index is 1.85. The van der Waals surface area contributed by atoms with Crippen molar-refractivity contribution >= 4 is 6.09 Å². The summed E-state index contributed by atoms with van der Waals surface area (Å²) in [6, 6.07) is 3.89. The van der Waals surface area contributed by atoms with E-state index in [-0.39, 0.29) is 12.9 Å². The normalized spacial score (nSPS) is 16.3. The number of carbonyl (C=O) groups is 1. The topological polar surface area (TPSA) is 60.9 Å². The van der Waals surface area contributed by atoms with Crippen molar-refractivity contribution in [1.29, 1.82) is 0 Å². The second-order valence-electron chi connectivity index (χ2n) is 6.71. The highest BCUT2D eigenvalue weighted by molar-refractivity contribution is 5.68. The van der Waals surface area contributed by atoms with Gasteiger partial charge >= 0.3 is 6.09 Å². The van der Waals surface area contributed by atoms with Crippen molar-refractivity contribution in [3.8, 4) is 5.75 Å². The van der Waals surface area contributed by atoms with Crippen LogP contribution in [0.2, 0.25) is 0 Å². The predicted octanol–water partition coefficient (Wildman–Crippen LogP) is 3.18. The summed E-state index contributed by atoms with van der Waals surface area (Å²) in [6.45, 7) is 7.26. The Bertz CT molecular complexity index is 502. The van der Waals surface area contributed by atoms with Crippen molar-refractivity contribution in [2.45, 2.75) is 45.1 Å². The number of aromatic nitrogens is 1. The van der Waals surface area contributed by atoms with E-state index in [2.05, 4.69) is 4.98 Å². The zero-order valence-electron chi connectivity index (χ0n) is 14.4. The summed E-state index contributed by atoms with van der Waals surface area (Å²) in [6.07, 6.45) is 3.27. The van der Waals surface area contributed by atoms with Gasteiger partial charge < -0.3 is 19.1 Å². The molecular weight excluding hydrogens is 296 g/mol. The number of nitrogens with zero attached hydrogens (tertiary/aromatic N) is 2. The molecule has 0 spiro atoms. The van der Waals surface area contributed by atoms with Crippen molar-refractivity contribution < 1.29 is 19.0 Å². The molecule has 0 atom stereocenters. The first-order valence-corrected chi connectivity index (χ1v) is 7.94. The van der Waals surface area contributed by atoms with E-state index in [9.17, 15) is 4.79 Å². The lowest BCUT2D eigenvalue weighted by atomic mass is 9.93. The summed E-state index contributed by atoms with van der Waals surface area (Å²) in [5.41, 5.74) is 0.590. The molecule has 0 unspecified atom stereocenters. The van der Waals surface area contributed by atoms with Crippen molar-refractivity contribution in [3.05, 3.63) is 24.0 Å². The standard InChI is InChI=1S/C17H26N2O4/c1-17(2,3)23-16(20)19-9-7-13(8-10-19)15-6-5-14(11-18-15)22-12-21-4/h5-6,11,13H,7-10,12H2,1-4H3. The Hall–Kier alpha value is -1.82. The molecule has 0 radical (unpaired) electrons. The van der Waals surface area contributed by atoms with Crippen LogP contribution in [-0.4, -0.2) is 48.6 Å². The van der Waals surface area contributed by atoms with E-state index in [1.165, 1.54) is 0 Å². The fourth-order valence-corrected chi connectivity index (χ4v) is 2.53. The number of carbonyl (C=O) groups excluding carboxylic acids is 1. The molecule has 1 aliphatic heterocycles. The number of piperidine rings is 1. The lowest BCUT2D eigenvalue weighted by molar-refractivity contribution is 0.0204. The average molecular weight is 322 g/mol. The highest BCUT2D eigenvalue weighted by atomic mass is 16.7. The van der Waals surface area contributed by atoms with Gasteiger partial charge in [0.05, 0.1) is 6.20 Å². The minimum absolute atomic E-state index is 0.218. The number of likely N-dealkylation sites (tertiary alicyclic amines) is 1. The Morgan fingerprint density at radius 2 is 2.00 bits per heavy atom. The van der Waals surface area contributed by atoms with E-state index >= 15 is 0 Å². The van der Waals surface area contributed by atoms with Crippen LogP contribution in [0, 0.1) is 0 Å². The van der Waals surface area contributed by atoms with Gasteiger partial charge in [0.25, 0.3) is 0 Å². The zero-order valence-corrected chi connectivity index (χ0v) is 14.4. The van der Waals surface area contributed by atoms with Gasteiger partial charge in [-0.25, -0.2) is 4.79 Å². The maximum Gasteiger partial charge on any atom is 0.410 e. The van der Waals surface area contributed by atoms with Crippen molar-refractivity contribution in [1.82, 2.24) is 9.88 Å². The van der Waals surface area contributed by atoms with Crippen LogP contribution in [0.1, 0.15) is 45.2 Å². The molecule has 0 aromatic carbocycles. The van der Waals surface area contributed by atoms with E-state index in [0.29, 0.717) is 24.8 Å². The number of rotatable bonds is 4.